The minimum atomic E-state index is -3.77. The molecule has 1 fully saturated rings. The number of piperidine rings is 1. The van der Waals surface area contributed by atoms with E-state index in [1.807, 2.05) is 0 Å². The fourth-order valence-corrected chi connectivity index (χ4v) is 3.62. The van der Waals surface area contributed by atoms with E-state index in [1.54, 1.807) is 12.1 Å². The quantitative estimate of drug-likeness (QED) is 0.816. The molecule has 1 aliphatic heterocycles. The van der Waals surface area contributed by atoms with E-state index in [4.69, 9.17) is 4.74 Å². The van der Waals surface area contributed by atoms with Crippen LogP contribution in [0.4, 0.5) is 0 Å². The number of ketones is 1. The summed E-state index contributed by atoms with van der Waals surface area (Å²) in [4.78, 5) is 24.7. The SMILES string of the molecule is COc1ccccc1S(=O)(=O)CC(=O)N1CCC(=O)CC1. The zero-order valence-electron chi connectivity index (χ0n) is 11.7. The van der Waals surface area contributed by atoms with Crippen molar-refractivity contribution in [2.75, 3.05) is 26.0 Å². The third kappa shape index (κ3) is 3.60. The molecule has 0 saturated carbocycles. The van der Waals surface area contributed by atoms with E-state index < -0.39 is 21.5 Å². The molecule has 0 N–H and O–H groups in total. The van der Waals surface area contributed by atoms with Gasteiger partial charge in [-0.2, -0.15) is 0 Å². The Kier molecular flexibility index (Phi) is 4.62. The molecule has 1 aromatic carbocycles. The van der Waals surface area contributed by atoms with Crippen molar-refractivity contribution in [1.82, 2.24) is 4.90 Å². The number of ether oxygens (including phenoxy) is 1. The molecule has 1 saturated heterocycles. The number of hydrogen-bond donors (Lipinski definition) is 0. The molecule has 1 heterocycles. The molecule has 21 heavy (non-hydrogen) atoms. The molecule has 0 atom stereocenters. The van der Waals surface area contributed by atoms with E-state index in [1.165, 1.54) is 24.1 Å². The first-order valence-electron chi connectivity index (χ1n) is 6.59. The second-order valence-corrected chi connectivity index (χ2v) is 6.79. The number of carbonyl (C=O) groups is 2. The number of nitrogens with zero attached hydrogens (tertiary/aromatic N) is 1. The van der Waals surface area contributed by atoms with Crippen molar-refractivity contribution in [2.24, 2.45) is 0 Å². The van der Waals surface area contributed by atoms with E-state index in [0.29, 0.717) is 25.9 Å². The number of methoxy groups -OCH3 is 1. The van der Waals surface area contributed by atoms with Gasteiger partial charge in [-0.3, -0.25) is 9.59 Å². The maximum absolute atomic E-state index is 12.3. The van der Waals surface area contributed by atoms with Gasteiger partial charge in [-0.15, -0.1) is 0 Å². The van der Waals surface area contributed by atoms with Gasteiger partial charge in [0.05, 0.1) is 7.11 Å². The highest BCUT2D eigenvalue weighted by Crippen LogP contribution is 2.24. The average molecular weight is 311 g/mol. The number of carbonyl (C=O) groups excluding carboxylic acids is 2. The number of benzene rings is 1. The Morgan fingerprint density at radius 2 is 1.86 bits per heavy atom. The van der Waals surface area contributed by atoms with Crippen LogP contribution < -0.4 is 4.74 Å². The van der Waals surface area contributed by atoms with Gasteiger partial charge in [0.1, 0.15) is 22.2 Å². The lowest BCUT2D eigenvalue weighted by atomic mass is 10.1. The van der Waals surface area contributed by atoms with Gasteiger partial charge in [0, 0.05) is 25.9 Å². The first-order chi connectivity index (χ1) is 9.94. The minimum Gasteiger partial charge on any atom is -0.495 e. The Hall–Kier alpha value is -1.89. The largest absolute Gasteiger partial charge is 0.495 e. The molecule has 0 spiro atoms. The first kappa shape index (κ1) is 15.5. The summed E-state index contributed by atoms with van der Waals surface area (Å²) in [5.41, 5.74) is 0. The van der Waals surface area contributed by atoms with Crippen LogP contribution in [0.3, 0.4) is 0 Å². The van der Waals surface area contributed by atoms with Crippen LogP contribution in [0.15, 0.2) is 29.2 Å². The van der Waals surface area contributed by atoms with Crippen LogP contribution in [0, 0.1) is 0 Å². The summed E-state index contributed by atoms with van der Waals surface area (Å²) in [6.45, 7) is 0.582. The van der Waals surface area contributed by atoms with Crippen LogP contribution in [0.2, 0.25) is 0 Å². The van der Waals surface area contributed by atoms with Gasteiger partial charge in [0.15, 0.2) is 9.84 Å². The molecule has 7 heteroatoms. The zero-order valence-corrected chi connectivity index (χ0v) is 12.6. The second-order valence-electron chi connectivity index (χ2n) is 4.83. The summed E-state index contributed by atoms with van der Waals surface area (Å²) in [6.07, 6.45) is 0.584. The van der Waals surface area contributed by atoms with E-state index in [9.17, 15) is 18.0 Å². The third-order valence-corrected chi connectivity index (χ3v) is 5.03. The Bertz CT molecular complexity index is 643. The molecule has 1 aromatic rings. The van der Waals surface area contributed by atoms with Crippen molar-refractivity contribution < 1.29 is 22.7 Å². The summed E-state index contributed by atoms with van der Waals surface area (Å²) in [5, 5.41) is 0. The Labute approximate surface area is 123 Å². The van der Waals surface area contributed by atoms with E-state index in [0.717, 1.165) is 0 Å². The number of para-hydroxylation sites is 1. The number of sulfone groups is 1. The van der Waals surface area contributed by atoms with Gasteiger partial charge >= 0.3 is 0 Å². The monoisotopic (exact) mass is 311 g/mol. The van der Waals surface area contributed by atoms with Gasteiger partial charge < -0.3 is 9.64 Å². The molecule has 0 unspecified atom stereocenters. The number of hydrogen-bond acceptors (Lipinski definition) is 5. The van der Waals surface area contributed by atoms with Crippen LogP contribution in [0.5, 0.6) is 5.75 Å². The summed E-state index contributed by atoms with van der Waals surface area (Å²) in [5.74, 6) is -0.763. The molecule has 0 aliphatic carbocycles. The lowest BCUT2D eigenvalue weighted by Gasteiger charge is -2.26. The third-order valence-electron chi connectivity index (χ3n) is 3.39. The summed E-state index contributed by atoms with van der Waals surface area (Å²) < 4.78 is 29.7. The van der Waals surface area contributed by atoms with Crippen molar-refractivity contribution in [3.63, 3.8) is 0 Å². The average Bonchev–Trinajstić information content (AvgIpc) is 2.47. The van der Waals surface area contributed by atoms with Crippen LogP contribution in [0.25, 0.3) is 0 Å². The Morgan fingerprint density at radius 1 is 1.24 bits per heavy atom. The van der Waals surface area contributed by atoms with Gasteiger partial charge in [0.25, 0.3) is 0 Å². The number of amides is 1. The first-order valence-corrected chi connectivity index (χ1v) is 8.24. The van der Waals surface area contributed by atoms with Gasteiger partial charge in [-0.05, 0) is 12.1 Å². The van der Waals surface area contributed by atoms with Crippen molar-refractivity contribution in [1.29, 1.82) is 0 Å². The lowest BCUT2D eigenvalue weighted by Crippen LogP contribution is -2.41. The normalized spacial score (nSPS) is 15.9. The predicted octanol–water partition coefficient (Wildman–Crippen LogP) is 0.660. The molecular formula is C14H17NO5S. The molecule has 0 radical (unpaired) electrons. The smallest absolute Gasteiger partial charge is 0.238 e. The molecule has 1 amide bonds. The minimum absolute atomic E-state index is 0.00827. The molecule has 1 aliphatic rings. The molecular weight excluding hydrogens is 294 g/mol. The maximum Gasteiger partial charge on any atom is 0.238 e. The number of likely N-dealkylation sites (tertiary alicyclic amines) is 1. The fraction of sp³-hybridized carbons (Fsp3) is 0.429. The summed E-state index contributed by atoms with van der Waals surface area (Å²) in [7, 11) is -2.38. The fourth-order valence-electron chi connectivity index (χ4n) is 2.21. The van der Waals surface area contributed by atoms with E-state index >= 15 is 0 Å². The van der Waals surface area contributed by atoms with Gasteiger partial charge in [-0.25, -0.2) is 8.42 Å². The van der Waals surface area contributed by atoms with E-state index in [-0.39, 0.29) is 16.4 Å². The van der Waals surface area contributed by atoms with Crippen LogP contribution >= 0.6 is 0 Å². The molecule has 114 valence electrons. The Balaban J connectivity index is 2.14. The second kappa shape index (κ2) is 6.26. The molecule has 0 aromatic heterocycles. The lowest BCUT2D eigenvalue weighted by molar-refractivity contribution is -0.132. The Morgan fingerprint density at radius 3 is 2.48 bits per heavy atom. The molecule has 6 nitrogen and oxygen atoms in total. The predicted molar refractivity (Wildman–Crippen MR) is 75.9 cm³/mol. The van der Waals surface area contributed by atoms with Crippen LogP contribution in [-0.2, 0) is 19.4 Å². The number of rotatable bonds is 4. The van der Waals surface area contributed by atoms with Crippen LogP contribution in [-0.4, -0.2) is 51.0 Å². The standard InChI is InChI=1S/C14H17NO5S/c1-20-12-4-2-3-5-13(12)21(18,19)10-14(17)15-8-6-11(16)7-9-15/h2-5H,6-10H2,1H3. The van der Waals surface area contributed by atoms with E-state index in [2.05, 4.69) is 0 Å². The number of Topliss-reactive ketones (excluding diaryl/α,β-unsaturated/α-hetero) is 1. The maximum atomic E-state index is 12.3. The zero-order chi connectivity index (χ0) is 15.5. The van der Waals surface area contributed by atoms with Crippen molar-refractivity contribution in [3.05, 3.63) is 24.3 Å². The van der Waals surface area contributed by atoms with Crippen LogP contribution in [0.1, 0.15) is 12.8 Å². The summed E-state index contributed by atoms with van der Waals surface area (Å²) >= 11 is 0. The molecule has 2 rings (SSSR count). The van der Waals surface area contributed by atoms with Gasteiger partial charge in [0.2, 0.25) is 5.91 Å². The van der Waals surface area contributed by atoms with Crippen molar-refractivity contribution >= 4 is 21.5 Å². The van der Waals surface area contributed by atoms with Crippen molar-refractivity contribution in [2.45, 2.75) is 17.7 Å². The van der Waals surface area contributed by atoms with Gasteiger partial charge in [-0.1, -0.05) is 12.1 Å². The highest BCUT2D eigenvalue weighted by molar-refractivity contribution is 7.92. The van der Waals surface area contributed by atoms with Crippen molar-refractivity contribution in [3.8, 4) is 5.75 Å². The topological polar surface area (TPSA) is 80.8 Å². The molecule has 0 bridgehead atoms. The highest BCUT2D eigenvalue weighted by Gasteiger charge is 2.28. The highest BCUT2D eigenvalue weighted by atomic mass is 32.2. The summed E-state index contributed by atoms with van der Waals surface area (Å²) in [6, 6.07) is 6.20.